The number of hydrogen-bond donors (Lipinski definition) is 1. The first kappa shape index (κ1) is 18.2. The van der Waals surface area contributed by atoms with Crippen LogP contribution in [0.5, 0.6) is 0 Å². The van der Waals surface area contributed by atoms with Gasteiger partial charge in [0.15, 0.2) is 0 Å². The Bertz CT molecular complexity index is 864. The molecule has 134 valence electrons. The molecule has 0 aliphatic carbocycles. The van der Waals surface area contributed by atoms with E-state index >= 15 is 0 Å². The van der Waals surface area contributed by atoms with E-state index in [0.29, 0.717) is 23.5 Å². The number of carbonyl (C=O) groups excluding carboxylic acids is 1. The van der Waals surface area contributed by atoms with Crippen LogP contribution < -0.4 is 5.32 Å². The first-order valence-corrected chi connectivity index (χ1v) is 9.45. The van der Waals surface area contributed by atoms with Gasteiger partial charge in [-0.2, -0.15) is 0 Å². The lowest BCUT2D eigenvalue weighted by Crippen LogP contribution is -2.13. The van der Waals surface area contributed by atoms with Gasteiger partial charge in [-0.05, 0) is 36.1 Å². The second-order valence-electron chi connectivity index (χ2n) is 6.18. The smallest absolute Gasteiger partial charge is 0.277 e. The summed E-state index contributed by atoms with van der Waals surface area (Å²) in [5, 5.41) is 11.4. The molecule has 0 aliphatic rings. The Morgan fingerprint density at radius 1 is 1.15 bits per heavy atom. The molecule has 1 atom stereocenters. The lowest BCUT2D eigenvalue weighted by molar-refractivity contribution is -0.113. The van der Waals surface area contributed by atoms with Crippen LogP contribution in [0.15, 0.2) is 64.2 Å². The SMILES string of the molecule is Cc1cccc(NC(=O)CSc2nnc(CC(C)c3ccccc3)o2)c1. The van der Waals surface area contributed by atoms with Crippen LogP contribution in [0.2, 0.25) is 0 Å². The van der Waals surface area contributed by atoms with Gasteiger partial charge in [0.25, 0.3) is 5.22 Å². The van der Waals surface area contributed by atoms with Gasteiger partial charge in [-0.3, -0.25) is 4.79 Å². The molecule has 2 aromatic carbocycles. The van der Waals surface area contributed by atoms with Crippen LogP contribution in [0, 0.1) is 6.92 Å². The molecule has 5 nitrogen and oxygen atoms in total. The molecule has 1 heterocycles. The predicted octanol–water partition coefficient (Wildman–Crippen LogP) is 4.46. The average Bonchev–Trinajstić information content (AvgIpc) is 3.08. The largest absolute Gasteiger partial charge is 0.416 e. The van der Waals surface area contributed by atoms with Gasteiger partial charge in [0.1, 0.15) is 0 Å². The fourth-order valence-corrected chi connectivity index (χ4v) is 3.17. The molecule has 6 heteroatoms. The number of thioether (sulfide) groups is 1. The highest BCUT2D eigenvalue weighted by Crippen LogP contribution is 2.22. The second kappa shape index (κ2) is 8.67. The van der Waals surface area contributed by atoms with E-state index in [1.165, 1.54) is 17.3 Å². The number of benzene rings is 2. The fraction of sp³-hybridized carbons (Fsp3) is 0.250. The highest BCUT2D eigenvalue weighted by atomic mass is 32.2. The monoisotopic (exact) mass is 367 g/mol. The van der Waals surface area contributed by atoms with E-state index in [2.05, 4.69) is 34.6 Å². The minimum Gasteiger partial charge on any atom is -0.416 e. The molecule has 3 rings (SSSR count). The van der Waals surface area contributed by atoms with Crippen molar-refractivity contribution in [3.05, 3.63) is 71.6 Å². The molecule has 3 aromatic rings. The van der Waals surface area contributed by atoms with Crippen molar-refractivity contribution in [2.24, 2.45) is 0 Å². The van der Waals surface area contributed by atoms with Gasteiger partial charge in [0.2, 0.25) is 11.8 Å². The first-order valence-electron chi connectivity index (χ1n) is 8.47. The maximum atomic E-state index is 12.0. The Morgan fingerprint density at radius 2 is 1.96 bits per heavy atom. The molecule has 0 spiro atoms. The Kier molecular flexibility index (Phi) is 6.07. The van der Waals surface area contributed by atoms with E-state index in [9.17, 15) is 4.79 Å². The van der Waals surface area contributed by atoms with E-state index in [4.69, 9.17) is 4.42 Å². The van der Waals surface area contributed by atoms with E-state index in [1.54, 1.807) is 0 Å². The zero-order valence-corrected chi connectivity index (χ0v) is 15.6. The Hall–Kier alpha value is -2.60. The van der Waals surface area contributed by atoms with Crippen molar-refractivity contribution in [2.45, 2.75) is 31.4 Å². The maximum absolute atomic E-state index is 12.0. The summed E-state index contributed by atoms with van der Waals surface area (Å²) in [6.07, 6.45) is 0.674. The maximum Gasteiger partial charge on any atom is 0.277 e. The number of hydrogen-bond acceptors (Lipinski definition) is 5. The van der Waals surface area contributed by atoms with Crippen molar-refractivity contribution < 1.29 is 9.21 Å². The van der Waals surface area contributed by atoms with Crippen LogP contribution in [-0.4, -0.2) is 21.9 Å². The van der Waals surface area contributed by atoms with Gasteiger partial charge >= 0.3 is 0 Å². The average molecular weight is 367 g/mol. The van der Waals surface area contributed by atoms with Crippen molar-refractivity contribution in [3.8, 4) is 0 Å². The molecular formula is C20H21N3O2S. The lowest BCUT2D eigenvalue weighted by Gasteiger charge is -2.08. The molecule has 1 aromatic heterocycles. The topological polar surface area (TPSA) is 68.0 Å². The molecule has 0 fully saturated rings. The third-order valence-corrected chi connectivity index (χ3v) is 4.74. The number of aryl methyl sites for hydroxylation is 1. The minimum atomic E-state index is -0.0991. The molecule has 1 N–H and O–H groups in total. The highest BCUT2D eigenvalue weighted by Gasteiger charge is 2.13. The third kappa shape index (κ3) is 5.20. The number of nitrogens with zero attached hydrogens (tertiary/aromatic N) is 2. The van der Waals surface area contributed by atoms with Crippen molar-refractivity contribution in [2.75, 3.05) is 11.1 Å². The highest BCUT2D eigenvalue weighted by molar-refractivity contribution is 7.99. The van der Waals surface area contributed by atoms with Gasteiger partial charge in [0.05, 0.1) is 5.75 Å². The number of rotatable bonds is 7. The molecule has 26 heavy (non-hydrogen) atoms. The molecule has 0 radical (unpaired) electrons. The van der Waals surface area contributed by atoms with Crippen LogP contribution in [0.3, 0.4) is 0 Å². The van der Waals surface area contributed by atoms with Crippen LogP contribution >= 0.6 is 11.8 Å². The molecule has 0 saturated heterocycles. The standard InChI is InChI=1S/C20H21N3O2S/c1-14-7-6-10-17(11-14)21-18(24)13-26-20-23-22-19(25-20)12-15(2)16-8-4-3-5-9-16/h3-11,15H,12-13H2,1-2H3,(H,21,24). The van der Waals surface area contributed by atoms with Gasteiger partial charge < -0.3 is 9.73 Å². The van der Waals surface area contributed by atoms with Crippen molar-refractivity contribution in [3.63, 3.8) is 0 Å². The summed E-state index contributed by atoms with van der Waals surface area (Å²) in [6, 6.07) is 17.9. The molecular weight excluding hydrogens is 346 g/mol. The van der Waals surface area contributed by atoms with Crippen LogP contribution in [0.1, 0.15) is 29.9 Å². The second-order valence-corrected chi connectivity index (χ2v) is 7.11. The minimum absolute atomic E-state index is 0.0991. The summed E-state index contributed by atoms with van der Waals surface area (Å²) >= 11 is 1.24. The number of aromatic nitrogens is 2. The van der Waals surface area contributed by atoms with Crippen molar-refractivity contribution in [1.82, 2.24) is 10.2 Å². The van der Waals surface area contributed by atoms with Crippen molar-refractivity contribution >= 4 is 23.4 Å². The Balaban J connectivity index is 1.50. The van der Waals surface area contributed by atoms with E-state index in [-0.39, 0.29) is 11.7 Å². The summed E-state index contributed by atoms with van der Waals surface area (Å²) in [4.78, 5) is 12.0. The molecule has 0 bridgehead atoms. The third-order valence-electron chi connectivity index (χ3n) is 3.93. The van der Waals surface area contributed by atoms with E-state index in [1.807, 2.05) is 49.4 Å². The zero-order valence-electron chi connectivity index (χ0n) is 14.8. The number of nitrogens with one attached hydrogen (secondary N) is 1. The van der Waals surface area contributed by atoms with Gasteiger partial charge in [-0.25, -0.2) is 0 Å². The quantitative estimate of drug-likeness (QED) is 0.625. The summed E-state index contributed by atoms with van der Waals surface area (Å²) in [7, 11) is 0. The molecule has 0 saturated carbocycles. The molecule has 0 aliphatic heterocycles. The first-order chi connectivity index (χ1) is 12.6. The number of carbonyl (C=O) groups is 1. The molecule has 1 unspecified atom stereocenters. The fourth-order valence-electron chi connectivity index (χ4n) is 2.59. The lowest BCUT2D eigenvalue weighted by atomic mass is 9.98. The Labute approximate surface area is 157 Å². The summed E-state index contributed by atoms with van der Waals surface area (Å²) < 4.78 is 5.66. The summed E-state index contributed by atoms with van der Waals surface area (Å²) in [5.74, 6) is 1.00. The molecule has 1 amide bonds. The van der Waals surface area contributed by atoms with Gasteiger partial charge in [-0.15, -0.1) is 10.2 Å². The van der Waals surface area contributed by atoms with Gasteiger partial charge in [-0.1, -0.05) is 61.2 Å². The predicted molar refractivity (Wildman–Crippen MR) is 103 cm³/mol. The van der Waals surface area contributed by atoms with Crippen LogP contribution in [0.4, 0.5) is 5.69 Å². The van der Waals surface area contributed by atoms with E-state index < -0.39 is 0 Å². The van der Waals surface area contributed by atoms with Crippen LogP contribution in [0.25, 0.3) is 0 Å². The number of anilines is 1. The summed E-state index contributed by atoms with van der Waals surface area (Å²) in [6.45, 7) is 4.11. The van der Waals surface area contributed by atoms with Crippen LogP contribution in [-0.2, 0) is 11.2 Å². The van der Waals surface area contributed by atoms with Crippen molar-refractivity contribution in [1.29, 1.82) is 0 Å². The summed E-state index contributed by atoms with van der Waals surface area (Å²) in [5.41, 5.74) is 3.13. The number of amides is 1. The van der Waals surface area contributed by atoms with E-state index in [0.717, 1.165) is 11.3 Å². The normalized spacial score (nSPS) is 11.9. The van der Waals surface area contributed by atoms with Gasteiger partial charge in [0, 0.05) is 12.1 Å². The zero-order chi connectivity index (χ0) is 18.4. The Morgan fingerprint density at radius 3 is 2.73 bits per heavy atom.